The van der Waals surface area contributed by atoms with E-state index in [-0.39, 0.29) is 0 Å². The number of benzene rings is 2. The highest BCUT2D eigenvalue weighted by Crippen LogP contribution is 2.23. The first-order valence-electron chi connectivity index (χ1n) is 11.7. The van der Waals surface area contributed by atoms with Crippen molar-refractivity contribution in [2.75, 3.05) is 57.8 Å². The predicted molar refractivity (Wildman–Crippen MR) is 138 cm³/mol. The topological polar surface area (TPSA) is 110 Å². The molecule has 192 valence electrons. The van der Waals surface area contributed by atoms with Gasteiger partial charge in [0.1, 0.15) is 18.1 Å². The first-order valence-corrected chi connectivity index (χ1v) is 11.7. The quantitative estimate of drug-likeness (QED) is 0.380. The molecule has 2 aromatic carbocycles. The van der Waals surface area contributed by atoms with Gasteiger partial charge in [-0.25, -0.2) is 4.79 Å². The van der Waals surface area contributed by atoms with Crippen LogP contribution in [-0.4, -0.2) is 80.1 Å². The number of aromatic nitrogens is 3. The highest BCUT2D eigenvalue weighted by molar-refractivity contribution is 5.72. The standard InChI is InChI=1S/C26H33N5O5/c1-6-35-22(24(32)33)17-18-7-11-21(12-8-18)36-16-15-31(4)26-28-23(27-25(29-26)30(2)3)19-9-13-20(34-5)14-10-19/h7-14,22H,6,15-17H2,1-5H3,(H,32,33). The fraction of sp³-hybridized carbons (Fsp3) is 0.385. The number of likely N-dealkylation sites (N-methyl/N-ethyl adjacent to an activating group) is 1. The second-order valence-electron chi connectivity index (χ2n) is 8.28. The van der Waals surface area contributed by atoms with Crippen molar-refractivity contribution >= 4 is 17.9 Å². The van der Waals surface area contributed by atoms with Gasteiger partial charge in [0.05, 0.1) is 13.7 Å². The summed E-state index contributed by atoms with van der Waals surface area (Å²) >= 11 is 0. The van der Waals surface area contributed by atoms with Crippen LogP contribution >= 0.6 is 0 Å². The first kappa shape index (κ1) is 26.7. The van der Waals surface area contributed by atoms with E-state index in [2.05, 4.69) is 15.0 Å². The maximum absolute atomic E-state index is 11.3. The van der Waals surface area contributed by atoms with E-state index in [9.17, 15) is 9.90 Å². The van der Waals surface area contributed by atoms with E-state index < -0.39 is 12.1 Å². The summed E-state index contributed by atoms with van der Waals surface area (Å²) in [5.41, 5.74) is 1.73. The maximum Gasteiger partial charge on any atom is 0.333 e. The van der Waals surface area contributed by atoms with E-state index in [1.165, 1.54) is 0 Å². The fourth-order valence-corrected chi connectivity index (χ4v) is 3.35. The number of carboxylic acids is 1. The first-order chi connectivity index (χ1) is 17.3. The lowest BCUT2D eigenvalue weighted by atomic mass is 10.1. The molecule has 0 spiro atoms. The number of rotatable bonds is 13. The van der Waals surface area contributed by atoms with Gasteiger partial charge in [-0.1, -0.05) is 12.1 Å². The van der Waals surface area contributed by atoms with Crippen molar-refractivity contribution in [3.63, 3.8) is 0 Å². The van der Waals surface area contributed by atoms with Crippen LogP contribution in [-0.2, 0) is 16.0 Å². The summed E-state index contributed by atoms with van der Waals surface area (Å²) in [7, 11) is 7.30. The van der Waals surface area contributed by atoms with Crippen molar-refractivity contribution in [2.24, 2.45) is 0 Å². The summed E-state index contributed by atoms with van der Waals surface area (Å²) in [6.07, 6.45) is -0.554. The summed E-state index contributed by atoms with van der Waals surface area (Å²) < 4.78 is 16.4. The Kier molecular flexibility index (Phi) is 9.40. The molecule has 0 saturated carbocycles. The molecule has 1 N–H and O–H groups in total. The highest BCUT2D eigenvalue weighted by atomic mass is 16.5. The van der Waals surface area contributed by atoms with Crippen LogP contribution < -0.4 is 19.3 Å². The zero-order valence-electron chi connectivity index (χ0n) is 21.3. The van der Waals surface area contributed by atoms with Crippen LogP contribution in [0.25, 0.3) is 11.4 Å². The normalized spacial score (nSPS) is 11.6. The third-order valence-electron chi connectivity index (χ3n) is 5.38. The molecule has 0 aliphatic heterocycles. The molecule has 1 aromatic heterocycles. The van der Waals surface area contributed by atoms with E-state index in [1.807, 2.05) is 79.5 Å². The number of aliphatic carboxylic acids is 1. The van der Waals surface area contributed by atoms with Crippen LogP contribution in [0.2, 0.25) is 0 Å². The highest BCUT2D eigenvalue weighted by Gasteiger charge is 2.18. The van der Waals surface area contributed by atoms with E-state index in [4.69, 9.17) is 14.2 Å². The SMILES string of the molecule is CCOC(Cc1ccc(OCCN(C)c2nc(-c3ccc(OC)cc3)nc(N(C)C)n2)cc1)C(=O)O. The fourth-order valence-electron chi connectivity index (χ4n) is 3.35. The van der Waals surface area contributed by atoms with E-state index in [0.717, 1.165) is 16.9 Å². The number of carboxylic acid groups (broad SMARTS) is 1. The zero-order valence-corrected chi connectivity index (χ0v) is 21.3. The molecule has 0 aliphatic rings. The molecule has 0 fully saturated rings. The molecule has 3 aromatic rings. The number of nitrogens with zero attached hydrogens (tertiary/aromatic N) is 5. The molecular weight excluding hydrogens is 462 g/mol. The minimum absolute atomic E-state index is 0.302. The third kappa shape index (κ3) is 7.29. The lowest BCUT2D eigenvalue weighted by Gasteiger charge is -2.20. The molecule has 0 radical (unpaired) electrons. The van der Waals surface area contributed by atoms with E-state index >= 15 is 0 Å². The number of methoxy groups -OCH3 is 1. The molecule has 10 nitrogen and oxygen atoms in total. The van der Waals surface area contributed by atoms with Gasteiger partial charge in [0.25, 0.3) is 0 Å². The molecule has 0 saturated heterocycles. The average Bonchev–Trinajstić information content (AvgIpc) is 2.89. The van der Waals surface area contributed by atoms with Gasteiger partial charge < -0.3 is 29.1 Å². The van der Waals surface area contributed by atoms with Crippen LogP contribution in [0.4, 0.5) is 11.9 Å². The van der Waals surface area contributed by atoms with Gasteiger partial charge in [-0.15, -0.1) is 0 Å². The second-order valence-corrected chi connectivity index (χ2v) is 8.28. The lowest BCUT2D eigenvalue weighted by molar-refractivity contribution is -0.149. The molecule has 0 aliphatic carbocycles. The van der Waals surface area contributed by atoms with Gasteiger partial charge in [-0.05, 0) is 48.9 Å². The molecule has 36 heavy (non-hydrogen) atoms. The Labute approximate surface area is 211 Å². The molecule has 1 atom stereocenters. The molecule has 0 amide bonds. The third-order valence-corrected chi connectivity index (χ3v) is 5.38. The number of anilines is 2. The van der Waals surface area contributed by atoms with Crippen molar-refractivity contribution in [2.45, 2.75) is 19.4 Å². The largest absolute Gasteiger partial charge is 0.497 e. The minimum Gasteiger partial charge on any atom is -0.497 e. The van der Waals surface area contributed by atoms with Crippen molar-refractivity contribution in [3.05, 3.63) is 54.1 Å². The van der Waals surface area contributed by atoms with Crippen LogP contribution in [0.15, 0.2) is 48.5 Å². The average molecular weight is 496 g/mol. The van der Waals surface area contributed by atoms with Gasteiger partial charge in [0, 0.05) is 39.7 Å². The summed E-state index contributed by atoms with van der Waals surface area (Å²) in [6, 6.07) is 14.9. The lowest BCUT2D eigenvalue weighted by Crippen LogP contribution is -2.27. The molecule has 10 heteroatoms. The Hall–Kier alpha value is -3.92. The second kappa shape index (κ2) is 12.7. The Morgan fingerprint density at radius 2 is 1.58 bits per heavy atom. The van der Waals surface area contributed by atoms with Crippen molar-refractivity contribution in [3.8, 4) is 22.9 Å². The number of hydrogen-bond acceptors (Lipinski definition) is 9. The van der Waals surface area contributed by atoms with Crippen LogP contribution in [0.3, 0.4) is 0 Å². The Morgan fingerprint density at radius 3 is 2.17 bits per heavy atom. The summed E-state index contributed by atoms with van der Waals surface area (Å²) in [4.78, 5) is 28.9. The Morgan fingerprint density at radius 1 is 0.944 bits per heavy atom. The summed E-state index contributed by atoms with van der Waals surface area (Å²) in [5, 5.41) is 9.26. The molecule has 1 heterocycles. The van der Waals surface area contributed by atoms with Gasteiger partial charge in [-0.3, -0.25) is 0 Å². The zero-order chi connectivity index (χ0) is 26.1. The van der Waals surface area contributed by atoms with Gasteiger partial charge >= 0.3 is 5.97 Å². The number of ether oxygens (including phenoxy) is 3. The predicted octanol–water partition coefficient (Wildman–Crippen LogP) is 3.16. The number of hydrogen-bond donors (Lipinski definition) is 1. The van der Waals surface area contributed by atoms with Crippen LogP contribution in [0.5, 0.6) is 11.5 Å². The van der Waals surface area contributed by atoms with Crippen molar-refractivity contribution in [1.29, 1.82) is 0 Å². The monoisotopic (exact) mass is 495 g/mol. The van der Waals surface area contributed by atoms with Crippen LogP contribution in [0, 0.1) is 0 Å². The van der Waals surface area contributed by atoms with Gasteiger partial charge in [0.2, 0.25) is 11.9 Å². The van der Waals surface area contributed by atoms with Crippen molar-refractivity contribution < 1.29 is 24.1 Å². The molecule has 1 unspecified atom stereocenters. The van der Waals surface area contributed by atoms with Crippen LogP contribution in [0.1, 0.15) is 12.5 Å². The molecule has 3 rings (SSSR count). The Balaban J connectivity index is 1.63. The van der Waals surface area contributed by atoms with E-state index in [1.54, 1.807) is 14.0 Å². The van der Waals surface area contributed by atoms with E-state index in [0.29, 0.717) is 49.6 Å². The summed E-state index contributed by atoms with van der Waals surface area (Å²) in [5.74, 6) is 2.15. The molecule has 0 bridgehead atoms. The molecular formula is C26H33N5O5. The van der Waals surface area contributed by atoms with Crippen molar-refractivity contribution in [1.82, 2.24) is 15.0 Å². The van der Waals surface area contributed by atoms with Gasteiger partial charge in [0.15, 0.2) is 11.9 Å². The van der Waals surface area contributed by atoms with Gasteiger partial charge in [-0.2, -0.15) is 15.0 Å². The number of carbonyl (C=O) groups is 1. The smallest absolute Gasteiger partial charge is 0.333 e. The Bertz CT molecular complexity index is 1120. The summed E-state index contributed by atoms with van der Waals surface area (Å²) in [6.45, 7) is 3.09. The maximum atomic E-state index is 11.3. The minimum atomic E-state index is -0.967.